The standard InChI is InChI=1S/C20H25ClN2O3S/c21-18-9-6-10-19(15-18)27(24,25)22-11-4-5-12-23-13-14-26-20(16-23)17-7-2-1-3-8-17/h1-3,6-10,15,20,22H,4-5,11-14,16H2/t20-/m1/s1. The lowest BCUT2D eigenvalue weighted by molar-refractivity contribution is -0.0303. The van der Waals surface area contributed by atoms with Crippen molar-refractivity contribution in [1.29, 1.82) is 0 Å². The average molecular weight is 409 g/mol. The highest BCUT2D eigenvalue weighted by Gasteiger charge is 2.21. The van der Waals surface area contributed by atoms with Crippen molar-refractivity contribution in [3.63, 3.8) is 0 Å². The Labute approximate surface area is 166 Å². The van der Waals surface area contributed by atoms with Crippen LogP contribution in [0.5, 0.6) is 0 Å². The van der Waals surface area contributed by atoms with Crippen LogP contribution in [-0.2, 0) is 14.8 Å². The first-order valence-corrected chi connectivity index (χ1v) is 11.0. The second-order valence-corrected chi connectivity index (χ2v) is 8.84. The number of ether oxygens (including phenoxy) is 1. The van der Waals surface area contributed by atoms with Crippen LogP contribution in [0.15, 0.2) is 59.5 Å². The van der Waals surface area contributed by atoms with Crippen molar-refractivity contribution in [3.8, 4) is 0 Å². The summed E-state index contributed by atoms with van der Waals surface area (Å²) >= 11 is 5.87. The number of morpholine rings is 1. The van der Waals surface area contributed by atoms with Crippen LogP contribution >= 0.6 is 11.6 Å². The fourth-order valence-corrected chi connectivity index (χ4v) is 4.53. The van der Waals surface area contributed by atoms with Crippen LogP contribution in [0.1, 0.15) is 24.5 Å². The van der Waals surface area contributed by atoms with Gasteiger partial charge in [0, 0.05) is 24.7 Å². The molecule has 0 spiro atoms. The van der Waals surface area contributed by atoms with Gasteiger partial charge in [-0.25, -0.2) is 13.1 Å². The molecule has 1 aliphatic heterocycles. The summed E-state index contributed by atoms with van der Waals surface area (Å²) in [7, 11) is -3.50. The van der Waals surface area contributed by atoms with Crippen molar-refractivity contribution in [2.45, 2.75) is 23.8 Å². The highest BCUT2D eigenvalue weighted by atomic mass is 35.5. The molecule has 1 atom stereocenters. The molecule has 27 heavy (non-hydrogen) atoms. The van der Waals surface area contributed by atoms with Crippen LogP contribution in [0.25, 0.3) is 0 Å². The van der Waals surface area contributed by atoms with E-state index in [1.54, 1.807) is 18.2 Å². The number of rotatable bonds is 8. The third-order valence-electron chi connectivity index (χ3n) is 4.62. The maximum absolute atomic E-state index is 12.3. The molecule has 0 aromatic heterocycles. The fourth-order valence-electron chi connectivity index (χ4n) is 3.16. The Morgan fingerprint density at radius 3 is 2.70 bits per heavy atom. The summed E-state index contributed by atoms with van der Waals surface area (Å²) < 4.78 is 33.0. The van der Waals surface area contributed by atoms with E-state index in [1.165, 1.54) is 11.6 Å². The summed E-state index contributed by atoms with van der Waals surface area (Å²) in [4.78, 5) is 2.58. The number of sulfonamides is 1. The third kappa shape index (κ3) is 6.02. The summed E-state index contributed by atoms with van der Waals surface area (Å²) in [6.07, 6.45) is 1.83. The van der Waals surface area contributed by atoms with Crippen LogP contribution in [0, 0.1) is 0 Å². The Hall–Kier alpha value is -1.44. The van der Waals surface area contributed by atoms with E-state index in [0.29, 0.717) is 11.6 Å². The first-order valence-electron chi connectivity index (χ1n) is 9.19. The van der Waals surface area contributed by atoms with Gasteiger partial charge in [-0.2, -0.15) is 0 Å². The van der Waals surface area contributed by atoms with Crippen molar-refractivity contribution >= 4 is 21.6 Å². The summed E-state index contributed by atoms with van der Waals surface area (Å²) in [5.41, 5.74) is 1.21. The first kappa shape index (κ1) is 20.3. The molecule has 0 radical (unpaired) electrons. The molecule has 1 fully saturated rings. The molecule has 0 unspecified atom stereocenters. The van der Waals surface area contributed by atoms with Gasteiger partial charge in [0.2, 0.25) is 10.0 Å². The van der Waals surface area contributed by atoms with Crippen molar-refractivity contribution in [2.75, 3.05) is 32.8 Å². The molecular formula is C20H25ClN2O3S. The van der Waals surface area contributed by atoms with Crippen LogP contribution < -0.4 is 4.72 Å². The molecule has 1 N–H and O–H groups in total. The van der Waals surface area contributed by atoms with E-state index in [2.05, 4.69) is 21.8 Å². The topological polar surface area (TPSA) is 58.6 Å². The Balaban J connectivity index is 1.40. The Morgan fingerprint density at radius 2 is 1.93 bits per heavy atom. The molecular weight excluding hydrogens is 384 g/mol. The third-order valence-corrected chi connectivity index (χ3v) is 6.32. The molecule has 7 heteroatoms. The second-order valence-electron chi connectivity index (χ2n) is 6.63. The molecule has 0 aliphatic carbocycles. The summed E-state index contributed by atoms with van der Waals surface area (Å²) in [6, 6.07) is 16.6. The van der Waals surface area contributed by atoms with Crippen LogP contribution in [-0.4, -0.2) is 46.1 Å². The number of nitrogens with zero attached hydrogens (tertiary/aromatic N) is 1. The van der Waals surface area contributed by atoms with Crippen molar-refractivity contribution in [3.05, 3.63) is 65.2 Å². The molecule has 146 valence electrons. The van der Waals surface area contributed by atoms with E-state index in [-0.39, 0.29) is 11.0 Å². The lowest BCUT2D eigenvalue weighted by atomic mass is 10.1. The average Bonchev–Trinajstić information content (AvgIpc) is 2.68. The predicted octanol–water partition coefficient (Wildman–Crippen LogP) is 3.47. The van der Waals surface area contributed by atoms with Crippen molar-refractivity contribution in [1.82, 2.24) is 9.62 Å². The van der Waals surface area contributed by atoms with Gasteiger partial charge in [-0.15, -0.1) is 0 Å². The first-order chi connectivity index (χ1) is 13.0. The molecule has 0 amide bonds. The SMILES string of the molecule is O=S(=O)(NCCCCN1CCO[C@@H](c2ccccc2)C1)c1cccc(Cl)c1. The molecule has 1 aliphatic rings. The van der Waals surface area contributed by atoms with Crippen LogP contribution in [0.2, 0.25) is 5.02 Å². The van der Waals surface area contributed by atoms with E-state index in [1.807, 2.05) is 18.2 Å². The molecule has 2 aromatic rings. The summed E-state index contributed by atoms with van der Waals surface area (Å²) in [6.45, 7) is 3.86. The van der Waals surface area contributed by atoms with Gasteiger partial charge in [0.15, 0.2) is 0 Å². The van der Waals surface area contributed by atoms with E-state index in [4.69, 9.17) is 16.3 Å². The maximum Gasteiger partial charge on any atom is 0.240 e. The van der Waals surface area contributed by atoms with Crippen LogP contribution in [0.3, 0.4) is 0 Å². The maximum atomic E-state index is 12.3. The highest BCUT2D eigenvalue weighted by molar-refractivity contribution is 7.89. The van der Waals surface area contributed by atoms with Gasteiger partial charge in [-0.3, -0.25) is 4.90 Å². The minimum atomic E-state index is -3.50. The lowest BCUT2D eigenvalue weighted by Crippen LogP contribution is -2.39. The fraction of sp³-hybridized carbons (Fsp3) is 0.400. The largest absolute Gasteiger partial charge is 0.371 e. The number of halogens is 1. The highest BCUT2D eigenvalue weighted by Crippen LogP contribution is 2.22. The molecule has 1 heterocycles. The number of benzene rings is 2. The normalized spacial score (nSPS) is 18.5. The molecule has 0 saturated carbocycles. The Bertz CT molecular complexity index is 830. The molecule has 2 aromatic carbocycles. The monoisotopic (exact) mass is 408 g/mol. The van der Waals surface area contributed by atoms with E-state index >= 15 is 0 Å². The zero-order valence-electron chi connectivity index (χ0n) is 15.2. The number of unbranched alkanes of at least 4 members (excludes halogenated alkanes) is 1. The van der Waals surface area contributed by atoms with E-state index < -0.39 is 10.0 Å². The summed E-state index contributed by atoms with van der Waals surface area (Å²) in [5.74, 6) is 0. The predicted molar refractivity (Wildman–Crippen MR) is 107 cm³/mol. The smallest absolute Gasteiger partial charge is 0.240 e. The number of nitrogens with one attached hydrogen (secondary N) is 1. The van der Waals surface area contributed by atoms with Gasteiger partial charge < -0.3 is 4.74 Å². The quantitative estimate of drug-likeness (QED) is 0.679. The van der Waals surface area contributed by atoms with Gasteiger partial charge in [0.05, 0.1) is 17.6 Å². The Kier molecular flexibility index (Phi) is 7.26. The lowest BCUT2D eigenvalue weighted by Gasteiger charge is -2.33. The van der Waals surface area contributed by atoms with Gasteiger partial charge in [-0.05, 0) is 43.1 Å². The molecule has 5 nitrogen and oxygen atoms in total. The van der Waals surface area contributed by atoms with Gasteiger partial charge >= 0.3 is 0 Å². The summed E-state index contributed by atoms with van der Waals surface area (Å²) in [5, 5.41) is 0.415. The zero-order valence-corrected chi connectivity index (χ0v) is 16.8. The van der Waals surface area contributed by atoms with Gasteiger partial charge in [-0.1, -0.05) is 48.0 Å². The van der Waals surface area contributed by atoms with Gasteiger partial charge in [0.25, 0.3) is 0 Å². The Morgan fingerprint density at radius 1 is 1.11 bits per heavy atom. The van der Waals surface area contributed by atoms with Gasteiger partial charge in [0.1, 0.15) is 0 Å². The van der Waals surface area contributed by atoms with Crippen molar-refractivity contribution in [2.24, 2.45) is 0 Å². The van der Waals surface area contributed by atoms with Crippen LogP contribution in [0.4, 0.5) is 0 Å². The minimum absolute atomic E-state index is 0.112. The minimum Gasteiger partial charge on any atom is -0.371 e. The number of hydrogen-bond acceptors (Lipinski definition) is 4. The molecule has 1 saturated heterocycles. The molecule has 0 bridgehead atoms. The molecule has 3 rings (SSSR count). The zero-order chi connectivity index (χ0) is 19.1. The number of hydrogen-bond donors (Lipinski definition) is 1. The van der Waals surface area contributed by atoms with E-state index in [0.717, 1.165) is 39.1 Å². The van der Waals surface area contributed by atoms with E-state index in [9.17, 15) is 8.42 Å². The van der Waals surface area contributed by atoms with Crippen molar-refractivity contribution < 1.29 is 13.2 Å². The second kappa shape index (κ2) is 9.66.